The van der Waals surface area contributed by atoms with Crippen LogP contribution in [0.25, 0.3) is 0 Å². The van der Waals surface area contributed by atoms with Crippen LogP contribution in [0, 0.1) is 0 Å². The summed E-state index contributed by atoms with van der Waals surface area (Å²) < 4.78 is 35.3. The van der Waals surface area contributed by atoms with E-state index in [2.05, 4.69) is 26.0 Å². The Morgan fingerprint density at radius 1 is 1.24 bits per heavy atom. The molecule has 0 aliphatic rings. The van der Waals surface area contributed by atoms with Crippen LogP contribution in [0.1, 0.15) is 17.8 Å². The van der Waals surface area contributed by atoms with Crippen LogP contribution in [0.3, 0.4) is 0 Å². The second-order valence-corrected chi connectivity index (χ2v) is 6.04. The average molecular weight is 378 g/mol. The lowest BCUT2D eigenvalue weighted by molar-refractivity contribution is -0.0511. The quantitative estimate of drug-likeness (QED) is 0.741. The van der Waals surface area contributed by atoms with E-state index in [4.69, 9.17) is 4.74 Å². The van der Waals surface area contributed by atoms with E-state index in [-0.39, 0.29) is 17.5 Å². The highest BCUT2D eigenvalue weighted by atomic mass is 79.9. The summed E-state index contributed by atoms with van der Waals surface area (Å²) in [5.41, 5.74) is 0.680. The smallest absolute Gasteiger partial charge is 0.387 e. The van der Waals surface area contributed by atoms with Crippen LogP contribution in [0.5, 0.6) is 11.5 Å². The molecule has 0 aliphatic heterocycles. The average Bonchev–Trinajstić information content (AvgIpc) is 2.85. The first-order valence-corrected chi connectivity index (χ1v) is 7.80. The maximum Gasteiger partial charge on any atom is 0.387 e. The van der Waals surface area contributed by atoms with Gasteiger partial charge >= 0.3 is 6.61 Å². The van der Waals surface area contributed by atoms with Crippen LogP contribution in [-0.4, -0.2) is 13.7 Å². The maximum atomic E-state index is 12.4. The monoisotopic (exact) mass is 377 g/mol. The van der Waals surface area contributed by atoms with Crippen LogP contribution < -0.4 is 14.8 Å². The van der Waals surface area contributed by atoms with Crippen molar-refractivity contribution in [2.45, 2.75) is 19.6 Å². The Hall–Kier alpha value is -1.34. The van der Waals surface area contributed by atoms with Crippen LogP contribution in [0.2, 0.25) is 0 Å². The highest BCUT2D eigenvalue weighted by Crippen LogP contribution is 2.35. The van der Waals surface area contributed by atoms with Gasteiger partial charge in [0.2, 0.25) is 0 Å². The molecule has 0 spiro atoms. The van der Waals surface area contributed by atoms with Crippen molar-refractivity contribution >= 4 is 33.0 Å². The number of hydrogen-bond acceptors (Lipinski definition) is 4. The first-order chi connectivity index (χ1) is 10.0. The fraction of sp³-hybridized carbons (Fsp3) is 0.286. The third-order valence-electron chi connectivity index (χ3n) is 2.80. The summed E-state index contributed by atoms with van der Waals surface area (Å²) in [6.45, 7) is -0.896. The summed E-state index contributed by atoms with van der Waals surface area (Å²) in [6, 6.07) is 6.86. The molecule has 0 bridgehead atoms. The Kier molecular flexibility index (Phi) is 5.41. The summed E-state index contributed by atoms with van der Waals surface area (Å²) in [5.74, 6) is 0.278. The fourth-order valence-corrected chi connectivity index (χ4v) is 3.61. The molecule has 0 saturated heterocycles. The SMILES string of the molecule is COc1ccc(NC(C)c2sccc2Br)cc1OC(F)F. The molecule has 1 N–H and O–H groups in total. The van der Waals surface area contributed by atoms with Crippen LogP contribution >= 0.6 is 27.3 Å². The van der Waals surface area contributed by atoms with Gasteiger partial charge in [-0.1, -0.05) is 0 Å². The zero-order chi connectivity index (χ0) is 15.4. The summed E-state index contributed by atoms with van der Waals surface area (Å²) in [4.78, 5) is 1.13. The zero-order valence-corrected chi connectivity index (χ0v) is 13.8. The number of ether oxygens (including phenoxy) is 2. The Labute approximate surface area is 134 Å². The molecule has 0 fully saturated rings. The van der Waals surface area contributed by atoms with Crippen molar-refractivity contribution in [2.24, 2.45) is 0 Å². The van der Waals surface area contributed by atoms with Crippen molar-refractivity contribution < 1.29 is 18.3 Å². The molecule has 21 heavy (non-hydrogen) atoms. The van der Waals surface area contributed by atoms with Gasteiger partial charge in [0.1, 0.15) is 0 Å². The second kappa shape index (κ2) is 7.09. The van der Waals surface area contributed by atoms with E-state index in [1.165, 1.54) is 13.2 Å². The molecular formula is C14H14BrF2NO2S. The molecule has 0 aliphatic carbocycles. The number of anilines is 1. The van der Waals surface area contributed by atoms with Gasteiger partial charge in [-0.25, -0.2) is 0 Å². The molecule has 0 saturated carbocycles. The van der Waals surface area contributed by atoms with Crippen LogP contribution in [0.15, 0.2) is 34.1 Å². The van der Waals surface area contributed by atoms with Crippen molar-refractivity contribution in [1.29, 1.82) is 0 Å². The largest absolute Gasteiger partial charge is 0.493 e. The predicted molar refractivity (Wildman–Crippen MR) is 83.7 cm³/mol. The Balaban J connectivity index is 2.18. The number of alkyl halides is 2. The summed E-state index contributed by atoms with van der Waals surface area (Å²) in [7, 11) is 1.41. The minimum atomic E-state index is -2.89. The zero-order valence-electron chi connectivity index (χ0n) is 11.4. The Morgan fingerprint density at radius 3 is 2.57 bits per heavy atom. The highest BCUT2D eigenvalue weighted by Gasteiger charge is 2.14. The van der Waals surface area contributed by atoms with Gasteiger partial charge in [-0.05, 0) is 46.4 Å². The maximum absolute atomic E-state index is 12.4. The van der Waals surface area contributed by atoms with Gasteiger partial charge < -0.3 is 14.8 Å². The van der Waals surface area contributed by atoms with E-state index in [1.54, 1.807) is 23.5 Å². The molecule has 1 aromatic heterocycles. The van der Waals surface area contributed by atoms with E-state index in [1.807, 2.05) is 18.4 Å². The lowest BCUT2D eigenvalue weighted by atomic mass is 10.2. The van der Waals surface area contributed by atoms with Gasteiger partial charge in [0.05, 0.1) is 13.2 Å². The fourth-order valence-electron chi connectivity index (χ4n) is 1.88. The standard InChI is InChI=1S/C14H14BrF2NO2S/c1-8(13-10(15)5-6-21-13)18-9-3-4-11(19-2)12(7-9)20-14(16)17/h3-8,14,18H,1-2H3. The van der Waals surface area contributed by atoms with E-state index in [0.717, 1.165) is 9.35 Å². The van der Waals surface area contributed by atoms with Gasteiger partial charge in [-0.15, -0.1) is 11.3 Å². The normalized spacial score (nSPS) is 12.3. The number of hydrogen-bond donors (Lipinski definition) is 1. The third-order valence-corrected chi connectivity index (χ3v) is 4.85. The van der Waals surface area contributed by atoms with Crippen molar-refractivity contribution in [1.82, 2.24) is 0 Å². The molecule has 1 heterocycles. The van der Waals surface area contributed by atoms with Crippen molar-refractivity contribution in [3.05, 3.63) is 39.0 Å². The molecule has 1 aromatic carbocycles. The molecule has 0 radical (unpaired) electrons. The van der Waals surface area contributed by atoms with Crippen LogP contribution in [0.4, 0.5) is 14.5 Å². The first kappa shape index (κ1) is 16.0. The van der Waals surface area contributed by atoms with E-state index in [0.29, 0.717) is 5.69 Å². The van der Waals surface area contributed by atoms with E-state index in [9.17, 15) is 8.78 Å². The Morgan fingerprint density at radius 2 is 2.00 bits per heavy atom. The number of methoxy groups -OCH3 is 1. The van der Waals surface area contributed by atoms with Crippen LogP contribution in [-0.2, 0) is 0 Å². The lowest BCUT2D eigenvalue weighted by Gasteiger charge is -2.17. The molecular weight excluding hydrogens is 364 g/mol. The summed E-state index contributed by atoms with van der Waals surface area (Å²) in [5, 5.41) is 5.23. The molecule has 7 heteroatoms. The minimum absolute atomic E-state index is 0.00921. The first-order valence-electron chi connectivity index (χ1n) is 6.13. The molecule has 114 valence electrons. The number of thiophene rings is 1. The predicted octanol–water partition coefficient (Wildman–Crippen LogP) is 5.29. The highest BCUT2D eigenvalue weighted by molar-refractivity contribution is 9.10. The number of nitrogens with one attached hydrogen (secondary N) is 1. The van der Waals surface area contributed by atoms with Gasteiger partial charge in [0.15, 0.2) is 11.5 Å². The van der Waals surface area contributed by atoms with Gasteiger partial charge in [-0.2, -0.15) is 8.78 Å². The van der Waals surface area contributed by atoms with Crippen molar-refractivity contribution in [3.63, 3.8) is 0 Å². The summed E-state index contributed by atoms with van der Waals surface area (Å²) >= 11 is 5.09. The molecule has 1 unspecified atom stereocenters. The number of halogens is 3. The van der Waals surface area contributed by atoms with Crippen molar-refractivity contribution in [2.75, 3.05) is 12.4 Å². The van der Waals surface area contributed by atoms with E-state index >= 15 is 0 Å². The topological polar surface area (TPSA) is 30.5 Å². The molecule has 2 rings (SSSR count). The van der Waals surface area contributed by atoms with Gasteiger partial charge in [0, 0.05) is 21.1 Å². The summed E-state index contributed by atoms with van der Waals surface area (Å²) in [6.07, 6.45) is 0. The number of benzene rings is 1. The molecule has 2 aromatic rings. The Bertz CT molecular complexity index is 606. The third kappa shape index (κ3) is 4.07. The lowest BCUT2D eigenvalue weighted by Crippen LogP contribution is -2.07. The second-order valence-electron chi connectivity index (χ2n) is 4.24. The van der Waals surface area contributed by atoms with Crippen molar-refractivity contribution in [3.8, 4) is 11.5 Å². The molecule has 0 amide bonds. The minimum Gasteiger partial charge on any atom is -0.493 e. The molecule has 1 atom stereocenters. The van der Waals surface area contributed by atoms with Gasteiger partial charge in [0.25, 0.3) is 0 Å². The van der Waals surface area contributed by atoms with Gasteiger partial charge in [-0.3, -0.25) is 0 Å². The van der Waals surface area contributed by atoms with E-state index < -0.39 is 6.61 Å². The number of rotatable bonds is 6. The molecule has 3 nitrogen and oxygen atoms in total.